The lowest BCUT2D eigenvalue weighted by Crippen LogP contribution is -2.47. The van der Waals surface area contributed by atoms with Gasteiger partial charge in [-0.3, -0.25) is 0 Å². The van der Waals surface area contributed by atoms with E-state index in [1.54, 1.807) is 12.1 Å². The third kappa shape index (κ3) is 5.39. The fraction of sp³-hybridized carbons (Fsp3) is 0.222. The zero-order chi connectivity index (χ0) is 17.4. The van der Waals surface area contributed by atoms with Gasteiger partial charge in [0, 0.05) is 13.0 Å². The monoisotopic (exact) mass is 330 g/mol. The van der Waals surface area contributed by atoms with E-state index in [2.05, 4.69) is 10.6 Å². The van der Waals surface area contributed by atoms with Crippen LogP contribution in [0.4, 0.5) is 9.18 Å². The molecule has 0 radical (unpaired) electrons. The summed E-state index contributed by atoms with van der Waals surface area (Å²) in [5.41, 5.74) is 1.66. The van der Waals surface area contributed by atoms with Crippen molar-refractivity contribution < 1.29 is 18.7 Å². The summed E-state index contributed by atoms with van der Waals surface area (Å²) in [5, 5.41) is 5.23. The minimum atomic E-state index is -0.786. The number of esters is 1. The van der Waals surface area contributed by atoms with Crippen molar-refractivity contribution in [3.63, 3.8) is 0 Å². The van der Waals surface area contributed by atoms with Gasteiger partial charge in [-0.15, -0.1) is 0 Å². The molecule has 2 rings (SSSR count). The van der Waals surface area contributed by atoms with Crippen molar-refractivity contribution in [3.8, 4) is 0 Å². The number of hydrogen-bond acceptors (Lipinski definition) is 3. The van der Waals surface area contributed by atoms with Crippen molar-refractivity contribution in [1.29, 1.82) is 0 Å². The summed E-state index contributed by atoms with van der Waals surface area (Å²) in [5.74, 6) is -0.854. The van der Waals surface area contributed by atoms with Gasteiger partial charge in [-0.1, -0.05) is 42.5 Å². The Labute approximate surface area is 139 Å². The zero-order valence-electron chi connectivity index (χ0n) is 13.3. The Morgan fingerprint density at radius 2 is 1.71 bits per heavy atom. The van der Waals surface area contributed by atoms with Crippen LogP contribution in [0.15, 0.2) is 54.6 Å². The highest BCUT2D eigenvalue weighted by molar-refractivity contribution is 5.83. The van der Waals surface area contributed by atoms with Gasteiger partial charge < -0.3 is 15.4 Å². The molecule has 0 saturated carbocycles. The maximum atomic E-state index is 12.8. The molecule has 1 atom stereocenters. The number of halogens is 1. The SMILES string of the molecule is COC(=O)[C@@H](Cc1ccccc1)NC(=O)NCc1ccc(F)cc1. The molecule has 5 nitrogen and oxygen atoms in total. The Hall–Kier alpha value is -2.89. The maximum Gasteiger partial charge on any atom is 0.328 e. The largest absolute Gasteiger partial charge is 0.467 e. The summed E-state index contributed by atoms with van der Waals surface area (Å²) in [6, 6.07) is 13.9. The summed E-state index contributed by atoms with van der Waals surface area (Å²) >= 11 is 0. The van der Waals surface area contributed by atoms with Gasteiger partial charge in [0.05, 0.1) is 7.11 Å². The Bertz CT molecular complexity index is 674. The molecule has 2 aromatic carbocycles. The highest BCUT2D eigenvalue weighted by Gasteiger charge is 2.21. The van der Waals surface area contributed by atoms with Crippen molar-refractivity contribution in [3.05, 3.63) is 71.5 Å². The first-order valence-corrected chi connectivity index (χ1v) is 7.49. The van der Waals surface area contributed by atoms with Crippen molar-refractivity contribution in [2.75, 3.05) is 7.11 Å². The normalized spacial score (nSPS) is 11.4. The molecule has 24 heavy (non-hydrogen) atoms. The highest BCUT2D eigenvalue weighted by Crippen LogP contribution is 2.05. The van der Waals surface area contributed by atoms with Crippen LogP contribution in [0.1, 0.15) is 11.1 Å². The lowest BCUT2D eigenvalue weighted by Gasteiger charge is -2.17. The van der Waals surface area contributed by atoms with Gasteiger partial charge in [0.15, 0.2) is 0 Å². The summed E-state index contributed by atoms with van der Waals surface area (Å²) in [6.45, 7) is 0.228. The van der Waals surface area contributed by atoms with Gasteiger partial charge in [-0.25, -0.2) is 14.0 Å². The molecule has 126 valence electrons. The van der Waals surface area contributed by atoms with E-state index in [0.29, 0.717) is 6.42 Å². The standard InChI is InChI=1S/C18H19FN2O3/c1-24-17(22)16(11-13-5-3-2-4-6-13)21-18(23)20-12-14-7-9-15(19)10-8-14/h2-10,16H,11-12H2,1H3,(H2,20,21,23)/t16-/m1/s1. The molecule has 6 heteroatoms. The number of carbonyl (C=O) groups is 2. The second-order valence-corrected chi connectivity index (χ2v) is 5.22. The van der Waals surface area contributed by atoms with Gasteiger partial charge in [-0.05, 0) is 23.3 Å². The first-order chi connectivity index (χ1) is 11.6. The van der Waals surface area contributed by atoms with E-state index in [-0.39, 0.29) is 12.4 Å². The number of urea groups is 1. The lowest BCUT2D eigenvalue weighted by molar-refractivity contribution is -0.142. The second kappa shape index (κ2) is 8.67. The number of hydrogen-bond donors (Lipinski definition) is 2. The van der Waals surface area contributed by atoms with E-state index in [9.17, 15) is 14.0 Å². The third-order valence-electron chi connectivity index (χ3n) is 3.44. The first-order valence-electron chi connectivity index (χ1n) is 7.49. The molecular weight excluding hydrogens is 311 g/mol. The van der Waals surface area contributed by atoms with Gasteiger partial charge in [-0.2, -0.15) is 0 Å². The molecule has 0 spiro atoms. The van der Waals surface area contributed by atoms with E-state index in [4.69, 9.17) is 4.74 Å². The molecule has 0 aliphatic heterocycles. The number of nitrogens with one attached hydrogen (secondary N) is 2. The number of carbonyl (C=O) groups excluding carboxylic acids is 2. The fourth-order valence-corrected chi connectivity index (χ4v) is 2.18. The molecule has 0 unspecified atom stereocenters. The Kier molecular flexibility index (Phi) is 6.31. The number of rotatable bonds is 6. The lowest BCUT2D eigenvalue weighted by atomic mass is 10.1. The fourth-order valence-electron chi connectivity index (χ4n) is 2.18. The quantitative estimate of drug-likeness (QED) is 0.799. The van der Waals surface area contributed by atoms with Crippen LogP contribution in [0.3, 0.4) is 0 Å². The predicted octanol–water partition coefficient (Wildman–Crippen LogP) is 2.41. The number of benzene rings is 2. The minimum Gasteiger partial charge on any atom is -0.467 e. The Balaban J connectivity index is 1.91. The van der Waals surface area contributed by atoms with Crippen LogP contribution in [-0.4, -0.2) is 25.2 Å². The van der Waals surface area contributed by atoms with Crippen LogP contribution >= 0.6 is 0 Å². The molecule has 0 fully saturated rings. The summed E-state index contributed by atoms with van der Waals surface area (Å²) < 4.78 is 17.6. The molecule has 0 aliphatic rings. The molecule has 2 aromatic rings. The molecule has 0 saturated heterocycles. The smallest absolute Gasteiger partial charge is 0.328 e. The number of ether oxygens (including phenoxy) is 1. The highest BCUT2D eigenvalue weighted by atomic mass is 19.1. The van der Waals surface area contributed by atoms with Gasteiger partial charge in [0.2, 0.25) is 0 Å². The summed E-state index contributed by atoms with van der Waals surface area (Å²) in [6.07, 6.45) is 0.331. The first kappa shape index (κ1) is 17.5. The maximum absolute atomic E-state index is 12.8. The van der Waals surface area contributed by atoms with Crippen LogP contribution in [0.25, 0.3) is 0 Å². The molecule has 0 bridgehead atoms. The van der Waals surface area contributed by atoms with Crippen LogP contribution < -0.4 is 10.6 Å². The van der Waals surface area contributed by atoms with Gasteiger partial charge in [0.1, 0.15) is 11.9 Å². The topological polar surface area (TPSA) is 67.4 Å². The average molecular weight is 330 g/mol. The van der Waals surface area contributed by atoms with Crippen molar-refractivity contribution in [1.82, 2.24) is 10.6 Å². The molecule has 2 amide bonds. The predicted molar refractivity (Wildman–Crippen MR) is 87.7 cm³/mol. The third-order valence-corrected chi connectivity index (χ3v) is 3.44. The van der Waals surface area contributed by atoms with E-state index in [1.807, 2.05) is 30.3 Å². The zero-order valence-corrected chi connectivity index (χ0v) is 13.3. The summed E-state index contributed by atoms with van der Waals surface area (Å²) in [4.78, 5) is 23.9. The molecular formula is C18H19FN2O3. The Morgan fingerprint density at radius 3 is 2.33 bits per heavy atom. The van der Waals surface area contributed by atoms with E-state index >= 15 is 0 Å². The minimum absolute atomic E-state index is 0.228. The Morgan fingerprint density at radius 1 is 1.04 bits per heavy atom. The molecule has 0 aromatic heterocycles. The number of amides is 2. The van der Waals surface area contributed by atoms with E-state index in [1.165, 1.54) is 19.2 Å². The van der Waals surface area contributed by atoms with Gasteiger partial charge >= 0.3 is 12.0 Å². The van der Waals surface area contributed by atoms with Crippen LogP contribution in [0.5, 0.6) is 0 Å². The molecule has 2 N–H and O–H groups in total. The molecule has 0 aliphatic carbocycles. The van der Waals surface area contributed by atoms with Crippen molar-refractivity contribution in [2.24, 2.45) is 0 Å². The van der Waals surface area contributed by atoms with Crippen LogP contribution in [-0.2, 0) is 22.5 Å². The molecule has 0 heterocycles. The van der Waals surface area contributed by atoms with Crippen LogP contribution in [0, 0.1) is 5.82 Å². The van der Waals surface area contributed by atoms with Gasteiger partial charge in [0.25, 0.3) is 0 Å². The van der Waals surface area contributed by atoms with E-state index < -0.39 is 18.0 Å². The number of methoxy groups -OCH3 is 1. The van der Waals surface area contributed by atoms with Crippen molar-refractivity contribution in [2.45, 2.75) is 19.0 Å². The van der Waals surface area contributed by atoms with Crippen LogP contribution in [0.2, 0.25) is 0 Å². The summed E-state index contributed by atoms with van der Waals surface area (Å²) in [7, 11) is 1.28. The second-order valence-electron chi connectivity index (χ2n) is 5.22. The van der Waals surface area contributed by atoms with Crippen molar-refractivity contribution >= 4 is 12.0 Å². The average Bonchev–Trinajstić information content (AvgIpc) is 2.61. The van der Waals surface area contributed by atoms with E-state index in [0.717, 1.165) is 11.1 Å².